The highest BCUT2D eigenvalue weighted by Crippen LogP contribution is 2.32. The minimum Gasteiger partial charge on any atom is -0.361 e. The minimum atomic E-state index is 0.645. The Morgan fingerprint density at radius 1 is 1.35 bits per heavy atom. The third-order valence-electron chi connectivity index (χ3n) is 5.20. The van der Waals surface area contributed by atoms with Crippen molar-refractivity contribution in [1.82, 2.24) is 9.97 Å². The van der Waals surface area contributed by atoms with Crippen LogP contribution in [0.5, 0.6) is 0 Å². The fourth-order valence-electron chi connectivity index (χ4n) is 3.82. The number of aromatic nitrogens is 2. The van der Waals surface area contributed by atoms with Crippen molar-refractivity contribution in [3.63, 3.8) is 0 Å². The summed E-state index contributed by atoms with van der Waals surface area (Å²) in [5, 5.41) is 1.93. The average Bonchev–Trinajstić information content (AvgIpc) is 3.16. The van der Waals surface area contributed by atoms with E-state index in [2.05, 4.69) is 52.6 Å². The lowest BCUT2D eigenvalue weighted by molar-refractivity contribution is 0.671. The smallest absolute Gasteiger partial charge is 0.136 e. The van der Waals surface area contributed by atoms with E-state index in [4.69, 9.17) is 11.6 Å². The number of allylic oxidation sites excluding steroid dienone is 1. The number of piperidine rings is 1. The third-order valence-corrected chi connectivity index (χ3v) is 5.41. The van der Waals surface area contributed by atoms with E-state index >= 15 is 0 Å². The quantitative estimate of drug-likeness (QED) is 0.625. The summed E-state index contributed by atoms with van der Waals surface area (Å²) >= 11 is 6.10. The lowest BCUT2D eigenvalue weighted by Gasteiger charge is -2.32. The highest BCUT2D eigenvalue weighted by Gasteiger charge is 2.20. The second-order valence-electron chi connectivity index (χ2n) is 6.77. The van der Waals surface area contributed by atoms with Crippen LogP contribution < -0.4 is 4.90 Å². The summed E-state index contributed by atoms with van der Waals surface area (Å²) in [5.74, 6) is 0.967. The monoisotopic (exact) mass is 363 g/mol. The standard InChI is InChI=1S/C22H22ClN3/c1-3-16-12-18(23)13-25-22(16)26-11-5-6-17(14-26)15(2)19-7-4-8-21-20(19)9-10-24-21/h3-4,7-10,12-13,24H,1,5-6,11,14H2,2H3/b17-15-. The van der Waals surface area contributed by atoms with Gasteiger partial charge in [0.25, 0.3) is 0 Å². The molecule has 132 valence electrons. The van der Waals surface area contributed by atoms with Crippen LogP contribution in [-0.4, -0.2) is 23.1 Å². The summed E-state index contributed by atoms with van der Waals surface area (Å²) in [6, 6.07) is 10.6. The molecule has 3 heterocycles. The topological polar surface area (TPSA) is 31.9 Å². The van der Waals surface area contributed by atoms with Crippen molar-refractivity contribution in [2.45, 2.75) is 19.8 Å². The number of fused-ring (bicyclic) bond motifs is 1. The molecule has 1 aromatic carbocycles. The molecule has 0 atom stereocenters. The molecule has 0 unspecified atom stereocenters. The Hall–Kier alpha value is -2.52. The van der Waals surface area contributed by atoms with Crippen molar-refractivity contribution in [1.29, 1.82) is 0 Å². The largest absolute Gasteiger partial charge is 0.361 e. The number of hydrogen-bond donors (Lipinski definition) is 1. The molecule has 1 fully saturated rings. The van der Waals surface area contributed by atoms with Crippen molar-refractivity contribution in [3.05, 3.63) is 71.0 Å². The molecule has 4 heteroatoms. The molecule has 0 aliphatic carbocycles. The average molecular weight is 364 g/mol. The molecule has 26 heavy (non-hydrogen) atoms. The molecule has 1 aliphatic heterocycles. The van der Waals surface area contributed by atoms with Gasteiger partial charge < -0.3 is 9.88 Å². The van der Waals surface area contributed by atoms with Gasteiger partial charge in [-0.15, -0.1) is 0 Å². The van der Waals surface area contributed by atoms with E-state index in [9.17, 15) is 0 Å². The van der Waals surface area contributed by atoms with Crippen LogP contribution in [0, 0.1) is 0 Å². The van der Waals surface area contributed by atoms with E-state index in [0.717, 1.165) is 37.3 Å². The first-order chi connectivity index (χ1) is 12.7. The normalized spacial score (nSPS) is 16.8. The first kappa shape index (κ1) is 16.9. The minimum absolute atomic E-state index is 0.645. The number of hydrogen-bond acceptors (Lipinski definition) is 2. The van der Waals surface area contributed by atoms with Crippen molar-refractivity contribution in [2.75, 3.05) is 18.0 Å². The SMILES string of the molecule is C=Cc1cc(Cl)cnc1N1CCC/C(=C(\C)c2cccc3[nH]ccc23)C1. The lowest BCUT2D eigenvalue weighted by Crippen LogP contribution is -2.32. The van der Waals surface area contributed by atoms with Crippen LogP contribution in [0.2, 0.25) is 5.02 Å². The Balaban J connectivity index is 1.71. The molecule has 4 rings (SSSR count). The Kier molecular flexibility index (Phi) is 4.56. The molecule has 0 bridgehead atoms. The van der Waals surface area contributed by atoms with E-state index < -0.39 is 0 Å². The third kappa shape index (κ3) is 3.04. The fourth-order valence-corrected chi connectivity index (χ4v) is 3.99. The van der Waals surface area contributed by atoms with Gasteiger partial charge in [0.05, 0.1) is 5.02 Å². The zero-order valence-corrected chi connectivity index (χ0v) is 15.7. The fraction of sp³-hybridized carbons (Fsp3) is 0.227. The number of halogens is 1. The zero-order chi connectivity index (χ0) is 18.1. The molecule has 3 aromatic rings. The van der Waals surface area contributed by atoms with E-state index in [-0.39, 0.29) is 0 Å². The van der Waals surface area contributed by atoms with Crippen molar-refractivity contribution in [3.8, 4) is 0 Å². The number of rotatable bonds is 3. The Morgan fingerprint density at radius 2 is 2.23 bits per heavy atom. The molecular formula is C22H22ClN3. The maximum atomic E-state index is 6.10. The van der Waals surface area contributed by atoms with Gasteiger partial charge in [0.2, 0.25) is 0 Å². The van der Waals surface area contributed by atoms with Crippen LogP contribution in [0.15, 0.2) is 54.9 Å². The Morgan fingerprint density at radius 3 is 3.08 bits per heavy atom. The van der Waals surface area contributed by atoms with Crippen LogP contribution in [-0.2, 0) is 0 Å². The van der Waals surface area contributed by atoms with Crippen LogP contribution in [0.3, 0.4) is 0 Å². The van der Waals surface area contributed by atoms with Gasteiger partial charge in [0.1, 0.15) is 5.82 Å². The molecule has 1 saturated heterocycles. The predicted octanol–water partition coefficient (Wildman–Crippen LogP) is 5.93. The van der Waals surface area contributed by atoms with Crippen LogP contribution in [0.25, 0.3) is 22.6 Å². The van der Waals surface area contributed by atoms with E-state index in [1.165, 1.54) is 27.6 Å². The van der Waals surface area contributed by atoms with E-state index in [1.54, 1.807) is 6.20 Å². The van der Waals surface area contributed by atoms with Crippen molar-refractivity contribution < 1.29 is 0 Å². The maximum Gasteiger partial charge on any atom is 0.136 e. The van der Waals surface area contributed by atoms with Gasteiger partial charge >= 0.3 is 0 Å². The zero-order valence-electron chi connectivity index (χ0n) is 14.9. The molecular weight excluding hydrogens is 342 g/mol. The second kappa shape index (κ2) is 7.00. The van der Waals surface area contributed by atoms with E-state index in [0.29, 0.717) is 5.02 Å². The van der Waals surface area contributed by atoms with Crippen molar-refractivity contribution in [2.24, 2.45) is 0 Å². The van der Waals surface area contributed by atoms with Gasteiger partial charge in [0.15, 0.2) is 0 Å². The molecule has 1 N–H and O–H groups in total. The molecule has 1 aliphatic rings. The number of anilines is 1. The second-order valence-corrected chi connectivity index (χ2v) is 7.21. The number of nitrogens with one attached hydrogen (secondary N) is 1. The van der Waals surface area contributed by atoms with Crippen LogP contribution in [0.1, 0.15) is 30.9 Å². The highest BCUT2D eigenvalue weighted by atomic mass is 35.5. The van der Waals surface area contributed by atoms with Crippen LogP contribution >= 0.6 is 11.6 Å². The Bertz CT molecular complexity index is 1000. The van der Waals surface area contributed by atoms with Gasteiger partial charge in [-0.3, -0.25) is 0 Å². The maximum absolute atomic E-state index is 6.10. The Labute approximate surface area is 159 Å². The van der Waals surface area contributed by atoms with Gasteiger partial charge in [-0.2, -0.15) is 0 Å². The number of aromatic amines is 1. The van der Waals surface area contributed by atoms with Gasteiger partial charge in [-0.1, -0.05) is 36.4 Å². The number of benzene rings is 1. The summed E-state index contributed by atoms with van der Waals surface area (Å²) in [6.45, 7) is 8.05. The summed E-state index contributed by atoms with van der Waals surface area (Å²) in [4.78, 5) is 10.2. The molecule has 2 aromatic heterocycles. The molecule has 3 nitrogen and oxygen atoms in total. The molecule has 0 spiro atoms. The summed E-state index contributed by atoms with van der Waals surface area (Å²) in [7, 11) is 0. The van der Waals surface area contributed by atoms with Gasteiger partial charge in [-0.25, -0.2) is 4.98 Å². The summed E-state index contributed by atoms with van der Waals surface area (Å²) < 4.78 is 0. The van der Waals surface area contributed by atoms with Gasteiger partial charge in [-0.05, 0) is 54.7 Å². The van der Waals surface area contributed by atoms with E-state index in [1.807, 2.05) is 18.3 Å². The molecule has 0 amide bonds. The number of pyridine rings is 1. The first-order valence-electron chi connectivity index (χ1n) is 8.95. The molecule has 0 radical (unpaired) electrons. The van der Waals surface area contributed by atoms with Crippen LogP contribution in [0.4, 0.5) is 5.82 Å². The summed E-state index contributed by atoms with van der Waals surface area (Å²) in [6.07, 6.45) is 7.80. The highest BCUT2D eigenvalue weighted by molar-refractivity contribution is 6.30. The number of H-pyrrole nitrogens is 1. The van der Waals surface area contributed by atoms with Crippen molar-refractivity contribution >= 4 is 40.0 Å². The first-order valence-corrected chi connectivity index (χ1v) is 9.33. The lowest BCUT2D eigenvalue weighted by atomic mass is 9.93. The predicted molar refractivity (Wildman–Crippen MR) is 112 cm³/mol. The molecule has 0 saturated carbocycles. The number of nitrogens with zero attached hydrogens (tertiary/aromatic N) is 2. The summed E-state index contributed by atoms with van der Waals surface area (Å²) in [5.41, 5.74) is 6.33. The van der Waals surface area contributed by atoms with Gasteiger partial charge in [0, 0.05) is 41.9 Å².